The summed E-state index contributed by atoms with van der Waals surface area (Å²) in [6.45, 7) is 7.69. The lowest BCUT2D eigenvalue weighted by Crippen LogP contribution is -2.06. The van der Waals surface area contributed by atoms with Crippen LogP contribution in [0.15, 0.2) is 43.0 Å². The summed E-state index contributed by atoms with van der Waals surface area (Å²) < 4.78 is 0. The van der Waals surface area contributed by atoms with Crippen LogP contribution in [-0.2, 0) is 4.79 Å². The fraction of sp³-hybridized carbons (Fsp3) is 0.200. The number of benzene rings is 1. The van der Waals surface area contributed by atoms with Crippen molar-refractivity contribution in [1.29, 1.82) is 0 Å². The highest BCUT2D eigenvalue weighted by Crippen LogP contribution is 2.35. The largest absolute Gasteiger partial charge is 0.298 e. The molecule has 0 aliphatic carbocycles. The number of carbonyl (C=O) groups excluding carboxylic acids is 1. The number of anilines is 1. The number of aromatic nitrogens is 1. The van der Waals surface area contributed by atoms with E-state index in [4.69, 9.17) is 0 Å². The van der Waals surface area contributed by atoms with Crippen LogP contribution < -0.4 is 5.32 Å². The van der Waals surface area contributed by atoms with Crippen LogP contribution in [0.25, 0.3) is 11.3 Å². The summed E-state index contributed by atoms with van der Waals surface area (Å²) in [7, 11) is 0. The number of hydrogen-bond donors (Lipinski definition) is 1. The quantitative estimate of drug-likeness (QED) is 0.853. The summed E-state index contributed by atoms with van der Waals surface area (Å²) in [6.07, 6.45) is 1.25. The van der Waals surface area contributed by atoms with E-state index in [1.165, 1.54) is 22.3 Å². The van der Waals surface area contributed by atoms with Crippen molar-refractivity contribution in [3.05, 3.63) is 47.9 Å². The highest BCUT2D eigenvalue weighted by molar-refractivity contribution is 7.16. The lowest BCUT2D eigenvalue weighted by Gasteiger charge is -2.04. The molecule has 0 bridgehead atoms. The third kappa shape index (κ3) is 3.09. The Morgan fingerprint density at radius 2 is 2.05 bits per heavy atom. The van der Waals surface area contributed by atoms with Crippen molar-refractivity contribution in [2.24, 2.45) is 0 Å². The number of nitrogens with one attached hydrogen (secondary N) is 1. The standard InChI is InChI=1S/C15H16N2OS/c1-4-12(18)16-15-17-13(14(19-15)10(2)3)11-8-6-5-7-9-11/h4-10H,1H2,2-3H3,(H,16,17,18). The second-order valence-electron chi connectivity index (χ2n) is 4.45. The van der Waals surface area contributed by atoms with Crippen LogP contribution in [0.2, 0.25) is 0 Å². The zero-order valence-electron chi connectivity index (χ0n) is 11.0. The van der Waals surface area contributed by atoms with Gasteiger partial charge >= 0.3 is 0 Å². The molecule has 3 nitrogen and oxygen atoms in total. The second kappa shape index (κ2) is 5.80. The lowest BCUT2D eigenvalue weighted by atomic mass is 10.1. The zero-order valence-corrected chi connectivity index (χ0v) is 11.8. The van der Waals surface area contributed by atoms with Gasteiger partial charge in [0.05, 0.1) is 5.69 Å². The number of amides is 1. The first-order chi connectivity index (χ1) is 9.11. The Kier molecular flexibility index (Phi) is 4.12. The molecule has 1 N–H and O–H groups in total. The van der Waals surface area contributed by atoms with Crippen molar-refractivity contribution >= 4 is 22.4 Å². The third-order valence-electron chi connectivity index (χ3n) is 2.64. The molecule has 0 spiro atoms. The Morgan fingerprint density at radius 3 is 2.63 bits per heavy atom. The van der Waals surface area contributed by atoms with Gasteiger partial charge in [-0.05, 0) is 12.0 Å². The number of thiazole rings is 1. The van der Waals surface area contributed by atoms with Gasteiger partial charge < -0.3 is 0 Å². The highest BCUT2D eigenvalue weighted by Gasteiger charge is 2.16. The molecular weight excluding hydrogens is 256 g/mol. The molecule has 0 fully saturated rings. The van der Waals surface area contributed by atoms with E-state index in [2.05, 4.69) is 30.7 Å². The molecule has 2 rings (SSSR count). The Bertz CT molecular complexity index is 587. The molecule has 0 atom stereocenters. The number of carbonyl (C=O) groups is 1. The molecule has 19 heavy (non-hydrogen) atoms. The van der Waals surface area contributed by atoms with Gasteiger partial charge in [-0.2, -0.15) is 0 Å². The van der Waals surface area contributed by atoms with Crippen LogP contribution in [0.3, 0.4) is 0 Å². The van der Waals surface area contributed by atoms with Crippen LogP contribution >= 0.6 is 11.3 Å². The minimum Gasteiger partial charge on any atom is -0.298 e. The minimum atomic E-state index is -0.233. The van der Waals surface area contributed by atoms with E-state index in [1.807, 2.05) is 30.3 Å². The molecule has 1 heterocycles. The first kappa shape index (κ1) is 13.5. The maximum atomic E-state index is 11.3. The summed E-state index contributed by atoms with van der Waals surface area (Å²) in [4.78, 5) is 17.0. The van der Waals surface area contributed by atoms with Crippen LogP contribution in [0.1, 0.15) is 24.6 Å². The topological polar surface area (TPSA) is 42.0 Å². The van der Waals surface area contributed by atoms with Crippen molar-refractivity contribution in [3.8, 4) is 11.3 Å². The van der Waals surface area contributed by atoms with E-state index >= 15 is 0 Å². The number of nitrogens with zero attached hydrogens (tertiary/aromatic N) is 1. The van der Waals surface area contributed by atoms with E-state index in [-0.39, 0.29) is 5.91 Å². The molecule has 98 valence electrons. The van der Waals surface area contributed by atoms with Gasteiger partial charge in [0.1, 0.15) is 0 Å². The Labute approximate surface area is 117 Å². The molecule has 0 saturated heterocycles. The van der Waals surface area contributed by atoms with Crippen LogP contribution in [0.4, 0.5) is 5.13 Å². The van der Waals surface area contributed by atoms with Gasteiger partial charge in [-0.15, -0.1) is 11.3 Å². The van der Waals surface area contributed by atoms with Gasteiger partial charge in [-0.25, -0.2) is 4.98 Å². The SMILES string of the molecule is C=CC(=O)Nc1nc(-c2ccccc2)c(C(C)C)s1. The maximum Gasteiger partial charge on any atom is 0.249 e. The molecule has 4 heteroatoms. The van der Waals surface area contributed by atoms with Crippen LogP contribution in [0, 0.1) is 0 Å². The monoisotopic (exact) mass is 272 g/mol. The summed E-state index contributed by atoms with van der Waals surface area (Å²) in [5.41, 5.74) is 2.02. The molecule has 1 aromatic carbocycles. The van der Waals surface area contributed by atoms with E-state index in [1.54, 1.807) is 0 Å². The smallest absolute Gasteiger partial charge is 0.249 e. The van der Waals surface area contributed by atoms with Crippen LogP contribution in [0.5, 0.6) is 0 Å². The zero-order chi connectivity index (χ0) is 13.8. The Morgan fingerprint density at radius 1 is 1.37 bits per heavy atom. The molecule has 0 aliphatic heterocycles. The molecule has 0 saturated carbocycles. The number of hydrogen-bond acceptors (Lipinski definition) is 3. The van der Waals surface area contributed by atoms with Crippen molar-refractivity contribution in [1.82, 2.24) is 4.98 Å². The van der Waals surface area contributed by atoms with Gasteiger partial charge in [-0.3, -0.25) is 10.1 Å². The van der Waals surface area contributed by atoms with Gasteiger partial charge in [0.15, 0.2) is 5.13 Å². The van der Waals surface area contributed by atoms with Crippen LogP contribution in [-0.4, -0.2) is 10.9 Å². The van der Waals surface area contributed by atoms with E-state index in [0.717, 1.165) is 11.3 Å². The van der Waals surface area contributed by atoms with Crippen molar-refractivity contribution in [2.45, 2.75) is 19.8 Å². The molecule has 0 aliphatic rings. The molecule has 2 aromatic rings. The second-order valence-corrected chi connectivity index (χ2v) is 5.48. The molecular formula is C15H16N2OS. The van der Waals surface area contributed by atoms with E-state index in [9.17, 15) is 4.79 Å². The average molecular weight is 272 g/mol. The van der Waals surface area contributed by atoms with Gasteiger partial charge in [-0.1, -0.05) is 50.8 Å². The lowest BCUT2D eigenvalue weighted by molar-refractivity contribution is -0.111. The van der Waals surface area contributed by atoms with Crippen molar-refractivity contribution in [2.75, 3.05) is 5.32 Å². The number of rotatable bonds is 4. The van der Waals surface area contributed by atoms with Crippen molar-refractivity contribution in [3.63, 3.8) is 0 Å². The maximum absolute atomic E-state index is 11.3. The summed E-state index contributed by atoms with van der Waals surface area (Å²) in [5, 5.41) is 3.35. The first-order valence-electron chi connectivity index (χ1n) is 6.11. The summed E-state index contributed by atoms with van der Waals surface area (Å²) >= 11 is 1.52. The first-order valence-corrected chi connectivity index (χ1v) is 6.93. The van der Waals surface area contributed by atoms with E-state index in [0.29, 0.717) is 11.0 Å². The molecule has 0 radical (unpaired) electrons. The highest BCUT2D eigenvalue weighted by atomic mass is 32.1. The average Bonchev–Trinajstić information content (AvgIpc) is 2.83. The minimum absolute atomic E-state index is 0.233. The predicted molar refractivity (Wildman–Crippen MR) is 80.5 cm³/mol. The normalized spacial score (nSPS) is 10.5. The summed E-state index contributed by atoms with van der Waals surface area (Å²) in [5.74, 6) is 0.130. The van der Waals surface area contributed by atoms with Gasteiger partial charge in [0.25, 0.3) is 0 Å². The molecule has 1 aromatic heterocycles. The van der Waals surface area contributed by atoms with Crippen molar-refractivity contribution < 1.29 is 4.79 Å². The summed E-state index contributed by atoms with van der Waals surface area (Å²) in [6, 6.07) is 10.0. The fourth-order valence-corrected chi connectivity index (χ4v) is 2.73. The van der Waals surface area contributed by atoms with Gasteiger partial charge in [0, 0.05) is 10.4 Å². The predicted octanol–water partition coefficient (Wildman–Crippen LogP) is 4.06. The third-order valence-corrected chi connectivity index (χ3v) is 3.91. The Hall–Kier alpha value is -1.94. The van der Waals surface area contributed by atoms with E-state index < -0.39 is 0 Å². The molecule has 1 amide bonds. The molecule has 0 unspecified atom stereocenters. The fourth-order valence-electron chi connectivity index (χ4n) is 1.74. The van der Waals surface area contributed by atoms with Gasteiger partial charge in [0.2, 0.25) is 5.91 Å². The Balaban J connectivity index is 2.42.